The summed E-state index contributed by atoms with van der Waals surface area (Å²) >= 11 is 0. The van der Waals surface area contributed by atoms with E-state index in [4.69, 9.17) is 10.5 Å². The normalized spacial score (nSPS) is 24.4. The number of rotatable bonds is 13. The molecule has 0 bridgehead atoms. The summed E-state index contributed by atoms with van der Waals surface area (Å²) in [5, 5.41) is 13.2. The third kappa shape index (κ3) is 8.59. The molecule has 2 saturated heterocycles. The largest absolute Gasteiger partial charge is 0.380 e. The molecule has 3 unspecified atom stereocenters. The van der Waals surface area contributed by atoms with Crippen molar-refractivity contribution in [3.8, 4) is 0 Å². The molecule has 3 aliphatic rings. The van der Waals surface area contributed by atoms with Crippen LogP contribution >= 0.6 is 0 Å². The van der Waals surface area contributed by atoms with Gasteiger partial charge in [0.15, 0.2) is 0 Å². The number of allylic oxidation sites excluding steroid dienone is 2. The molecule has 220 valence electrons. The lowest BCUT2D eigenvalue weighted by Gasteiger charge is -2.32. The number of carbonyl (C=O) groups is 1. The summed E-state index contributed by atoms with van der Waals surface area (Å²) < 4.78 is 20.5. The Bertz CT molecular complexity index is 942. The first-order valence-electron chi connectivity index (χ1n) is 13.9. The highest BCUT2D eigenvalue weighted by Gasteiger charge is 2.35. The van der Waals surface area contributed by atoms with Gasteiger partial charge in [-0.1, -0.05) is 26.0 Å². The van der Waals surface area contributed by atoms with Crippen LogP contribution in [-0.2, 0) is 4.74 Å². The molecule has 4 N–H and O–H groups in total. The van der Waals surface area contributed by atoms with Crippen molar-refractivity contribution >= 4 is 12.2 Å². The molecule has 10 nitrogen and oxygen atoms in total. The van der Waals surface area contributed by atoms with Gasteiger partial charge in [-0.05, 0) is 23.6 Å². The van der Waals surface area contributed by atoms with Crippen molar-refractivity contribution in [2.45, 2.75) is 38.4 Å². The summed E-state index contributed by atoms with van der Waals surface area (Å²) in [5.41, 5.74) is 8.15. The summed E-state index contributed by atoms with van der Waals surface area (Å²) in [6.45, 7) is 9.70. The van der Waals surface area contributed by atoms with Crippen molar-refractivity contribution in [1.29, 1.82) is 0 Å². The van der Waals surface area contributed by atoms with Crippen LogP contribution in [0.25, 0.3) is 0 Å². The predicted octanol–water partition coefficient (Wildman–Crippen LogP) is 1.24. The van der Waals surface area contributed by atoms with E-state index >= 15 is 0 Å². The van der Waals surface area contributed by atoms with Crippen LogP contribution in [0.5, 0.6) is 0 Å². The van der Waals surface area contributed by atoms with Crippen LogP contribution in [0, 0.1) is 5.41 Å². The minimum Gasteiger partial charge on any atom is -0.380 e. The van der Waals surface area contributed by atoms with Crippen LogP contribution in [0.4, 0.5) is 9.18 Å². The average Bonchev–Trinajstić information content (AvgIpc) is 3.17. The Morgan fingerprint density at radius 1 is 1.38 bits per heavy atom. The molecule has 2 aliphatic heterocycles. The predicted molar refractivity (Wildman–Crippen MR) is 155 cm³/mol. The van der Waals surface area contributed by atoms with Crippen LogP contribution in [0.3, 0.4) is 0 Å². The quantitative estimate of drug-likeness (QED) is 0.235. The Hall–Kier alpha value is -2.31. The third-order valence-electron chi connectivity index (χ3n) is 7.71. The van der Waals surface area contributed by atoms with Crippen LogP contribution < -0.4 is 16.4 Å². The van der Waals surface area contributed by atoms with Crippen LogP contribution in [0.1, 0.15) is 20.3 Å². The van der Waals surface area contributed by atoms with Gasteiger partial charge in [0.05, 0.1) is 19.2 Å². The van der Waals surface area contributed by atoms with Crippen molar-refractivity contribution in [3.63, 3.8) is 0 Å². The van der Waals surface area contributed by atoms with Gasteiger partial charge in [-0.15, -0.1) is 0 Å². The molecular formula is C28H49FN8O2. The van der Waals surface area contributed by atoms with E-state index in [1.165, 1.54) is 11.1 Å². The number of nitrogens with zero attached hydrogens (tertiary/aromatic N) is 5. The topological polar surface area (TPSA) is 102 Å². The fourth-order valence-corrected chi connectivity index (χ4v) is 5.46. The van der Waals surface area contributed by atoms with E-state index in [1.54, 1.807) is 35.0 Å². The second kappa shape index (κ2) is 14.4. The number of ether oxygens (including phenoxy) is 1. The Balaban J connectivity index is 1.57. The second-order valence-electron chi connectivity index (χ2n) is 11.5. The fourth-order valence-electron chi connectivity index (χ4n) is 5.46. The fraction of sp³-hybridized carbons (Fsp3) is 0.714. The van der Waals surface area contributed by atoms with E-state index in [0.717, 1.165) is 32.6 Å². The van der Waals surface area contributed by atoms with Gasteiger partial charge in [0, 0.05) is 97.8 Å². The molecule has 3 atom stereocenters. The van der Waals surface area contributed by atoms with Gasteiger partial charge in [-0.3, -0.25) is 4.90 Å². The van der Waals surface area contributed by atoms with Crippen LogP contribution in [-0.4, -0.2) is 137 Å². The highest BCUT2D eigenvalue weighted by Crippen LogP contribution is 2.33. The lowest BCUT2D eigenvalue weighted by atomic mass is 9.78. The lowest BCUT2D eigenvalue weighted by Crippen LogP contribution is -2.50. The summed E-state index contributed by atoms with van der Waals surface area (Å²) in [6.07, 6.45) is 8.72. The number of hydrogen-bond donors (Lipinski definition) is 3. The summed E-state index contributed by atoms with van der Waals surface area (Å²) in [4.78, 5) is 18.4. The number of halogens is 1. The first kappa shape index (κ1) is 31.2. The number of carbonyl (C=O) groups excluding carboxylic acids is 1. The number of hydrogen-bond acceptors (Lipinski definition) is 8. The monoisotopic (exact) mass is 548 g/mol. The Labute approximate surface area is 233 Å². The number of piperazine rings is 1. The third-order valence-corrected chi connectivity index (χ3v) is 7.71. The molecule has 11 heteroatoms. The molecule has 39 heavy (non-hydrogen) atoms. The molecule has 0 aromatic carbocycles. The number of amides is 2. The molecule has 0 radical (unpaired) electrons. The molecule has 0 aromatic heterocycles. The van der Waals surface area contributed by atoms with Gasteiger partial charge >= 0.3 is 6.03 Å². The molecule has 1 aliphatic carbocycles. The summed E-state index contributed by atoms with van der Waals surface area (Å²) in [5.74, 6) is -0.308. The Morgan fingerprint density at radius 3 is 2.74 bits per heavy atom. The highest BCUT2D eigenvalue weighted by atomic mass is 19.1. The van der Waals surface area contributed by atoms with Crippen molar-refractivity contribution in [2.24, 2.45) is 16.3 Å². The first-order chi connectivity index (χ1) is 18.6. The zero-order valence-corrected chi connectivity index (χ0v) is 24.6. The second-order valence-corrected chi connectivity index (χ2v) is 11.5. The number of nitrogens with two attached hydrogens (primary N) is 1. The molecule has 2 heterocycles. The number of hydrazone groups is 1. The number of nitrogens with one attached hydrogen (secondary N) is 2. The average molecular weight is 549 g/mol. The minimum absolute atomic E-state index is 0.0285. The smallest absolute Gasteiger partial charge is 0.320 e. The maximum Gasteiger partial charge on any atom is 0.320 e. The van der Waals surface area contributed by atoms with Crippen molar-refractivity contribution in [3.05, 3.63) is 35.2 Å². The van der Waals surface area contributed by atoms with E-state index in [2.05, 4.69) is 46.6 Å². The molecule has 0 spiro atoms. The molecular weight excluding hydrogens is 499 g/mol. The molecule has 2 amide bonds. The van der Waals surface area contributed by atoms with E-state index < -0.39 is 0 Å². The summed E-state index contributed by atoms with van der Waals surface area (Å²) in [7, 11) is 7.33. The van der Waals surface area contributed by atoms with Gasteiger partial charge in [0.25, 0.3) is 0 Å². The minimum atomic E-state index is -0.308. The standard InChI is InChI=1S/C28H49FN8O2/c1-28(2,20-33-34(3)4)26-8-7-23(13-21(26)19-39-6)32-16-25-18-37(27(38)35(25)5)17-22(29)14-24(15-30)36-11-9-31-10-12-36/h7-8,14,20,23-25,31-32H,9-13,15-19,30H2,1-6H3/b22-14+,33-20-. The number of urea groups is 1. The molecule has 0 saturated carbocycles. The SMILES string of the molecule is COCC1=C(C(C)(C)/C=N\N(C)C)C=CC(NCC2CN(C/C(F)=C\C(CN)N3CCNCC3)C(=O)N2C)C1. The highest BCUT2D eigenvalue weighted by molar-refractivity contribution is 5.77. The molecule has 2 fully saturated rings. The lowest BCUT2D eigenvalue weighted by molar-refractivity contribution is 0.193. The first-order valence-corrected chi connectivity index (χ1v) is 13.9. The van der Waals surface area contributed by atoms with E-state index in [9.17, 15) is 9.18 Å². The zero-order chi connectivity index (χ0) is 28.6. The van der Waals surface area contributed by atoms with E-state index in [-0.39, 0.29) is 41.9 Å². The van der Waals surface area contributed by atoms with Crippen molar-refractivity contribution in [2.75, 3.05) is 87.2 Å². The Morgan fingerprint density at radius 2 is 2.10 bits per heavy atom. The van der Waals surface area contributed by atoms with Gasteiger partial charge in [-0.2, -0.15) is 5.10 Å². The van der Waals surface area contributed by atoms with Crippen molar-refractivity contribution < 1.29 is 13.9 Å². The van der Waals surface area contributed by atoms with Crippen molar-refractivity contribution in [1.82, 2.24) is 30.3 Å². The molecule has 0 aromatic rings. The maximum absolute atomic E-state index is 15.0. The maximum atomic E-state index is 15.0. The summed E-state index contributed by atoms with van der Waals surface area (Å²) in [6, 6.07) is -0.229. The number of methoxy groups -OCH3 is 1. The van der Waals surface area contributed by atoms with Gasteiger partial charge in [-0.25, -0.2) is 9.18 Å². The zero-order valence-electron chi connectivity index (χ0n) is 24.6. The van der Waals surface area contributed by atoms with E-state index in [0.29, 0.717) is 26.2 Å². The molecule has 3 rings (SSSR count). The van der Waals surface area contributed by atoms with Gasteiger partial charge in [0.1, 0.15) is 5.83 Å². The van der Waals surface area contributed by atoms with E-state index in [1.807, 2.05) is 20.3 Å². The van der Waals surface area contributed by atoms with Crippen LogP contribution in [0.15, 0.2) is 40.3 Å². The van der Waals surface area contributed by atoms with Crippen LogP contribution in [0.2, 0.25) is 0 Å². The van der Waals surface area contributed by atoms with Gasteiger partial charge in [0.2, 0.25) is 0 Å². The van der Waals surface area contributed by atoms with Gasteiger partial charge < -0.3 is 35.9 Å². The number of likely N-dealkylation sites (N-methyl/N-ethyl adjacent to an activating group) is 1. The Kier molecular flexibility index (Phi) is 11.5.